The average molecular weight is 316 g/mol. The van der Waals surface area contributed by atoms with Gasteiger partial charge in [-0.25, -0.2) is 13.1 Å². The highest BCUT2D eigenvalue weighted by molar-refractivity contribution is 7.88. The van der Waals surface area contributed by atoms with Gasteiger partial charge >= 0.3 is 0 Å². The van der Waals surface area contributed by atoms with E-state index in [0.717, 1.165) is 0 Å². The first kappa shape index (κ1) is 17.5. The molecular formula is C13H20N2O5S. The highest BCUT2D eigenvalue weighted by Crippen LogP contribution is 2.22. The first-order valence-electron chi connectivity index (χ1n) is 6.58. The number of nitro groups is 1. The molecule has 2 N–H and O–H groups in total. The van der Waals surface area contributed by atoms with Crippen LogP contribution in [0.1, 0.15) is 32.3 Å². The molecule has 0 saturated carbocycles. The van der Waals surface area contributed by atoms with Gasteiger partial charge in [-0.1, -0.05) is 25.1 Å². The zero-order chi connectivity index (χ0) is 16.1. The van der Waals surface area contributed by atoms with Crippen LogP contribution in [0.2, 0.25) is 0 Å². The highest BCUT2D eigenvalue weighted by Gasteiger charge is 2.29. The van der Waals surface area contributed by atoms with Crippen LogP contribution in [0.3, 0.4) is 0 Å². The first-order chi connectivity index (χ1) is 9.73. The van der Waals surface area contributed by atoms with Gasteiger partial charge in [0, 0.05) is 23.8 Å². The molecule has 118 valence electrons. The molecule has 0 heterocycles. The van der Waals surface area contributed by atoms with E-state index in [0.29, 0.717) is 6.42 Å². The molecular weight excluding hydrogens is 296 g/mol. The van der Waals surface area contributed by atoms with Gasteiger partial charge in [0.25, 0.3) is 5.69 Å². The fraction of sp³-hybridized carbons (Fsp3) is 0.538. The maximum absolute atomic E-state index is 12.2. The van der Waals surface area contributed by atoms with E-state index >= 15 is 0 Å². The van der Waals surface area contributed by atoms with Crippen LogP contribution < -0.4 is 4.72 Å². The van der Waals surface area contributed by atoms with Crippen molar-refractivity contribution >= 4 is 15.7 Å². The molecule has 0 aromatic heterocycles. The van der Waals surface area contributed by atoms with Gasteiger partial charge in [-0.15, -0.1) is 0 Å². The molecule has 1 aromatic rings. The van der Waals surface area contributed by atoms with E-state index in [1.54, 1.807) is 13.0 Å². The Morgan fingerprint density at radius 1 is 1.38 bits per heavy atom. The Balaban J connectivity index is 2.99. The van der Waals surface area contributed by atoms with Crippen LogP contribution in [0.25, 0.3) is 0 Å². The quantitative estimate of drug-likeness (QED) is 0.559. The number of rotatable bonds is 8. The van der Waals surface area contributed by atoms with E-state index in [1.807, 2.05) is 6.92 Å². The Bertz CT molecular complexity index is 602. The van der Waals surface area contributed by atoms with Gasteiger partial charge in [0.2, 0.25) is 10.0 Å². The van der Waals surface area contributed by atoms with E-state index < -0.39 is 26.2 Å². The molecule has 0 aliphatic carbocycles. The smallest absolute Gasteiger partial charge is 0.273 e. The fourth-order valence-corrected chi connectivity index (χ4v) is 3.70. The Kier molecular flexibility index (Phi) is 5.82. The summed E-state index contributed by atoms with van der Waals surface area (Å²) in [5, 5.41) is 19.9. The van der Waals surface area contributed by atoms with E-state index in [2.05, 4.69) is 4.72 Å². The lowest BCUT2D eigenvalue weighted by molar-refractivity contribution is -0.385. The second-order valence-corrected chi connectivity index (χ2v) is 6.86. The van der Waals surface area contributed by atoms with Crippen LogP contribution >= 0.6 is 0 Å². The van der Waals surface area contributed by atoms with Crippen LogP contribution in [-0.4, -0.2) is 30.6 Å². The molecule has 1 aromatic carbocycles. The summed E-state index contributed by atoms with van der Waals surface area (Å²) in [5.74, 6) is -0.467. The van der Waals surface area contributed by atoms with Crippen LogP contribution in [0.15, 0.2) is 24.3 Å². The molecule has 0 bridgehead atoms. The number of hydrogen-bond acceptors (Lipinski definition) is 5. The molecule has 0 aliphatic heterocycles. The predicted molar refractivity (Wildman–Crippen MR) is 79.3 cm³/mol. The molecule has 0 fully saturated rings. The minimum atomic E-state index is -3.75. The molecule has 1 rings (SSSR count). The van der Waals surface area contributed by atoms with E-state index in [-0.39, 0.29) is 24.3 Å². The maximum Gasteiger partial charge on any atom is 0.273 e. The zero-order valence-electron chi connectivity index (χ0n) is 12.1. The third-order valence-corrected chi connectivity index (χ3v) is 4.87. The van der Waals surface area contributed by atoms with Crippen molar-refractivity contribution in [3.05, 3.63) is 39.9 Å². The lowest BCUT2D eigenvalue weighted by atomic mass is 9.97. The molecule has 21 heavy (non-hydrogen) atoms. The molecule has 8 heteroatoms. The Morgan fingerprint density at radius 2 is 2.00 bits per heavy atom. The summed E-state index contributed by atoms with van der Waals surface area (Å²) in [4.78, 5) is 10.3. The second kappa shape index (κ2) is 6.97. The van der Waals surface area contributed by atoms with Crippen LogP contribution in [-0.2, 0) is 15.8 Å². The molecule has 1 unspecified atom stereocenters. The first-order valence-corrected chi connectivity index (χ1v) is 8.23. The highest BCUT2D eigenvalue weighted by atomic mass is 32.2. The van der Waals surface area contributed by atoms with Crippen LogP contribution in [0.5, 0.6) is 0 Å². The largest absolute Gasteiger partial charge is 0.396 e. The summed E-state index contributed by atoms with van der Waals surface area (Å²) in [6.07, 6.45) is 0.781. The molecule has 1 atom stereocenters. The summed E-state index contributed by atoms with van der Waals surface area (Å²) in [5.41, 5.74) is -0.849. The second-order valence-electron chi connectivity index (χ2n) is 5.13. The average Bonchev–Trinajstić information content (AvgIpc) is 2.38. The minimum absolute atomic E-state index is 0.137. The third-order valence-electron chi connectivity index (χ3n) is 3.38. The molecule has 0 saturated heterocycles. The number of sulfonamides is 1. The van der Waals surface area contributed by atoms with Crippen LogP contribution in [0.4, 0.5) is 5.69 Å². The van der Waals surface area contributed by atoms with Crippen molar-refractivity contribution in [2.45, 2.75) is 38.0 Å². The lowest BCUT2D eigenvalue weighted by Gasteiger charge is -2.28. The lowest BCUT2D eigenvalue weighted by Crippen LogP contribution is -2.46. The fourth-order valence-electron chi connectivity index (χ4n) is 1.97. The molecule has 0 amide bonds. The van der Waals surface area contributed by atoms with Gasteiger partial charge in [0.15, 0.2) is 0 Å². The van der Waals surface area contributed by atoms with Gasteiger partial charge in [0.1, 0.15) is 0 Å². The predicted octanol–water partition coefficient (Wildman–Crippen LogP) is 1.57. The number of para-hydroxylation sites is 1. The van der Waals surface area contributed by atoms with Crippen molar-refractivity contribution in [1.29, 1.82) is 0 Å². The number of hydrogen-bond donors (Lipinski definition) is 2. The van der Waals surface area contributed by atoms with Crippen molar-refractivity contribution in [3.8, 4) is 0 Å². The van der Waals surface area contributed by atoms with Crippen molar-refractivity contribution in [1.82, 2.24) is 4.72 Å². The third kappa shape index (κ3) is 5.07. The number of aliphatic hydroxyl groups is 1. The Labute approximate surface area is 124 Å². The number of benzene rings is 1. The SMILES string of the molecule is CCC(C)(CCO)NS(=O)(=O)Cc1ccccc1[N+](=O)[O-]. The summed E-state index contributed by atoms with van der Waals surface area (Å²) >= 11 is 0. The minimum Gasteiger partial charge on any atom is -0.396 e. The summed E-state index contributed by atoms with van der Waals surface area (Å²) in [7, 11) is -3.75. The normalized spacial score (nSPS) is 14.6. The topological polar surface area (TPSA) is 110 Å². The van der Waals surface area contributed by atoms with Crippen molar-refractivity contribution in [2.75, 3.05) is 6.61 Å². The number of aliphatic hydroxyl groups excluding tert-OH is 1. The number of nitrogens with zero attached hydrogens (tertiary/aromatic N) is 1. The molecule has 7 nitrogen and oxygen atoms in total. The molecule has 0 radical (unpaired) electrons. The van der Waals surface area contributed by atoms with Gasteiger partial charge in [-0.05, 0) is 19.8 Å². The summed E-state index contributed by atoms with van der Waals surface area (Å²) in [6, 6.07) is 5.75. The Hall–Kier alpha value is -1.51. The number of nitro benzene ring substituents is 1. The monoisotopic (exact) mass is 316 g/mol. The Morgan fingerprint density at radius 3 is 2.52 bits per heavy atom. The summed E-state index contributed by atoms with van der Waals surface area (Å²) in [6.45, 7) is 3.36. The molecule has 0 aliphatic rings. The van der Waals surface area contributed by atoms with E-state index in [4.69, 9.17) is 5.11 Å². The van der Waals surface area contributed by atoms with Gasteiger partial charge in [0.05, 0.1) is 10.7 Å². The maximum atomic E-state index is 12.2. The summed E-state index contributed by atoms with van der Waals surface area (Å²) < 4.78 is 26.9. The van der Waals surface area contributed by atoms with E-state index in [1.165, 1.54) is 18.2 Å². The van der Waals surface area contributed by atoms with Gasteiger partial charge in [-0.2, -0.15) is 0 Å². The van der Waals surface area contributed by atoms with Gasteiger partial charge in [-0.3, -0.25) is 10.1 Å². The van der Waals surface area contributed by atoms with Crippen LogP contribution in [0, 0.1) is 10.1 Å². The van der Waals surface area contributed by atoms with E-state index in [9.17, 15) is 18.5 Å². The van der Waals surface area contributed by atoms with Crippen molar-refractivity contribution in [3.63, 3.8) is 0 Å². The number of nitrogens with one attached hydrogen (secondary N) is 1. The van der Waals surface area contributed by atoms with Crippen molar-refractivity contribution < 1.29 is 18.4 Å². The zero-order valence-corrected chi connectivity index (χ0v) is 12.9. The standard InChI is InChI=1S/C13H20N2O5S/c1-3-13(2,8-9-16)14-21(19,20)10-11-6-4-5-7-12(11)15(17)18/h4-7,14,16H,3,8-10H2,1-2H3. The van der Waals surface area contributed by atoms with Crippen molar-refractivity contribution in [2.24, 2.45) is 0 Å². The molecule has 0 spiro atoms. The van der Waals surface area contributed by atoms with Gasteiger partial charge < -0.3 is 5.11 Å².